The number of thiophene rings is 1. The Morgan fingerprint density at radius 3 is 2.57 bits per heavy atom. The number of halogens is 1. The lowest BCUT2D eigenvalue weighted by Gasteiger charge is -2.37. The van der Waals surface area contributed by atoms with Gasteiger partial charge >= 0.3 is 0 Å². The zero-order valence-electron chi connectivity index (χ0n) is 15.4. The lowest BCUT2D eigenvalue weighted by atomic mass is 10.2. The number of hydrogen-bond donors (Lipinski definition) is 2. The van der Waals surface area contributed by atoms with E-state index in [1.54, 1.807) is 6.07 Å². The summed E-state index contributed by atoms with van der Waals surface area (Å²) in [5.74, 6) is -0.0857. The maximum Gasteiger partial charge on any atom is 0.267 e. The predicted octanol–water partition coefficient (Wildman–Crippen LogP) is 3.59. The average Bonchev–Trinajstić information content (AvgIpc) is 3.23. The van der Waals surface area contributed by atoms with Crippen LogP contribution in [0.15, 0.2) is 35.7 Å². The summed E-state index contributed by atoms with van der Waals surface area (Å²) in [6.45, 7) is 4.53. The van der Waals surface area contributed by atoms with Crippen LogP contribution in [0.4, 0.5) is 11.4 Å². The lowest BCUT2D eigenvalue weighted by molar-refractivity contribution is -0.131. The van der Waals surface area contributed by atoms with Crippen LogP contribution in [0.5, 0.6) is 0 Å². The molecule has 28 heavy (non-hydrogen) atoms. The van der Waals surface area contributed by atoms with Crippen LogP contribution in [-0.4, -0.2) is 48.0 Å². The molecule has 1 fully saturated rings. The van der Waals surface area contributed by atoms with Gasteiger partial charge in [0.1, 0.15) is 0 Å². The zero-order chi connectivity index (χ0) is 20.1. The Hall–Kier alpha value is -2.16. The molecule has 2 N–H and O–H groups in total. The zero-order valence-corrected chi connectivity index (χ0v) is 17.8. The Labute approximate surface area is 178 Å². The first-order valence-corrected chi connectivity index (χ1v) is 10.6. The van der Waals surface area contributed by atoms with Crippen molar-refractivity contribution < 1.29 is 9.59 Å². The summed E-state index contributed by atoms with van der Waals surface area (Å²) in [6, 6.07) is 9.07. The molecule has 3 rings (SSSR count). The Morgan fingerprint density at radius 1 is 1.18 bits per heavy atom. The summed E-state index contributed by atoms with van der Waals surface area (Å²) in [5, 5.41) is 8.41. The molecule has 0 aliphatic carbocycles. The molecule has 1 aromatic carbocycles. The van der Waals surface area contributed by atoms with Crippen LogP contribution in [-0.2, 0) is 4.79 Å². The molecule has 6 nitrogen and oxygen atoms in total. The molecular formula is C19H21ClN4O2S2. The summed E-state index contributed by atoms with van der Waals surface area (Å²) in [4.78, 5) is 28.7. The van der Waals surface area contributed by atoms with E-state index in [1.165, 1.54) is 11.3 Å². The third-order valence-electron chi connectivity index (χ3n) is 4.46. The van der Waals surface area contributed by atoms with Crippen LogP contribution in [0, 0.1) is 0 Å². The number of anilines is 2. The molecule has 1 saturated heterocycles. The van der Waals surface area contributed by atoms with Crippen molar-refractivity contribution in [3.05, 3.63) is 45.6 Å². The maximum atomic E-state index is 12.2. The molecule has 0 atom stereocenters. The second kappa shape index (κ2) is 9.36. The molecule has 0 unspecified atom stereocenters. The van der Waals surface area contributed by atoms with Gasteiger partial charge in [-0.2, -0.15) is 0 Å². The fourth-order valence-corrected chi connectivity index (χ4v) is 4.18. The highest BCUT2D eigenvalue weighted by atomic mass is 35.5. The largest absolute Gasteiger partial charge is 0.365 e. The van der Waals surface area contributed by atoms with Crippen molar-refractivity contribution in [2.24, 2.45) is 0 Å². The lowest BCUT2D eigenvalue weighted by Crippen LogP contribution is -2.49. The minimum absolute atomic E-state index is 0.162. The quantitative estimate of drug-likeness (QED) is 0.717. The van der Waals surface area contributed by atoms with E-state index in [0.29, 0.717) is 42.5 Å². The van der Waals surface area contributed by atoms with Gasteiger partial charge in [-0.05, 0) is 35.8 Å². The standard InChI is InChI=1S/C19H21ClN4O2S2/c1-2-16(25)23-8-10-24(11-9-23)17-13(20)5-3-6-14(17)21-19(27)22-18(26)15-7-4-12-28-15/h3-7,12H,2,8-11H2,1H3,(H2,21,22,26,27). The van der Waals surface area contributed by atoms with E-state index in [-0.39, 0.29) is 16.9 Å². The van der Waals surface area contributed by atoms with E-state index in [4.69, 9.17) is 23.8 Å². The van der Waals surface area contributed by atoms with Gasteiger partial charge in [-0.3, -0.25) is 14.9 Å². The van der Waals surface area contributed by atoms with Crippen LogP contribution in [0.3, 0.4) is 0 Å². The molecule has 0 bridgehead atoms. The number of carbonyl (C=O) groups excluding carboxylic acids is 2. The Balaban J connectivity index is 1.69. The number of benzene rings is 1. The van der Waals surface area contributed by atoms with E-state index in [0.717, 1.165) is 11.4 Å². The second-order valence-corrected chi connectivity index (χ2v) is 8.01. The number of hydrogen-bond acceptors (Lipinski definition) is 5. The fraction of sp³-hybridized carbons (Fsp3) is 0.316. The van der Waals surface area contributed by atoms with Gasteiger partial charge in [-0.15, -0.1) is 11.3 Å². The van der Waals surface area contributed by atoms with Gasteiger partial charge in [0.05, 0.1) is 21.3 Å². The van der Waals surface area contributed by atoms with Crippen molar-refractivity contribution in [1.29, 1.82) is 0 Å². The normalized spacial score (nSPS) is 13.9. The SMILES string of the molecule is CCC(=O)N1CCN(c2c(Cl)cccc2NC(=S)NC(=O)c2cccs2)CC1. The number of amides is 2. The summed E-state index contributed by atoms with van der Waals surface area (Å²) in [7, 11) is 0. The number of thiocarbonyl (C=S) groups is 1. The van der Waals surface area contributed by atoms with E-state index in [1.807, 2.05) is 41.5 Å². The second-order valence-electron chi connectivity index (χ2n) is 6.24. The first-order valence-electron chi connectivity index (χ1n) is 8.96. The summed E-state index contributed by atoms with van der Waals surface area (Å²) >= 11 is 13.1. The van der Waals surface area contributed by atoms with Gasteiger partial charge in [0.25, 0.3) is 5.91 Å². The van der Waals surface area contributed by atoms with Crippen molar-refractivity contribution in [2.75, 3.05) is 36.4 Å². The number of nitrogens with zero attached hydrogens (tertiary/aromatic N) is 2. The molecule has 0 radical (unpaired) electrons. The van der Waals surface area contributed by atoms with Crippen molar-refractivity contribution >= 4 is 63.5 Å². The van der Waals surface area contributed by atoms with Crippen LogP contribution < -0.4 is 15.5 Å². The predicted molar refractivity (Wildman–Crippen MR) is 119 cm³/mol. The number of rotatable bonds is 4. The molecule has 1 aliphatic heterocycles. The molecule has 2 amide bonds. The Kier molecular flexibility index (Phi) is 6.88. The molecule has 2 aromatic rings. The number of carbonyl (C=O) groups is 2. The van der Waals surface area contributed by atoms with Crippen molar-refractivity contribution in [3.8, 4) is 0 Å². The average molecular weight is 437 g/mol. The smallest absolute Gasteiger partial charge is 0.267 e. The first-order chi connectivity index (χ1) is 13.5. The fourth-order valence-electron chi connectivity index (χ4n) is 3.07. The highest BCUT2D eigenvalue weighted by Gasteiger charge is 2.23. The maximum absolute atomic E-state index is 12.2. The van der Waals surface area contributed by atoms with Crippen molar-refractivity contribution in [3.63, 3.8) is 0 Å². The highest BCUT2D eigenvalue weighted by Crippen LogP contribution is 2.34. The third kappa shape index (κ3) is 4.81. The number of nitrogens with one attached hydrogen (secondary N) is 2. The molecular weight excluding hydrogens is 416 g/mol. The Bertz CT molecular complexity index is 865. The van der Waals surface area contributed by atoms with Gasteiger partial charge < -0.3 is 15.1 Å². The highest BCUT2D eigenvalue weighted by molar-refractivity contribution is 7.80. The molecule has 1 aliphatic rings. The van der Waals surface area contributed by atoms with Crippen LogP contribution in [0.25, 0.3) is 0 Å². The van der Waals surface area contributed by atoms with E-state index in [9.17, 15) is 9.59 Å². The van der Waals surface area contributed by atoms with E-state index in [2.05, 4.69) is 15.5 Å². The van der Waals surface area contributed by atoms with E-state index >= 15 is 0 Å². The molecule has 1 aromatic heterocycles. The molecule has 0 spiro atoms. The molecule has 9 heteroatoms. The number of para-hydroxylation sites is 1. The van der Waals surface area contributed by atoms with Crippen LogP contribution >= 0.6 is 35.2 Å². The van der Waals surface area contributed by atoms with Crippen molar-refractivity contribution in [1.82, 2.24) is 10.2 Å². The minimum atomic E-state index is -0.247. The minimum Gasteiger partial charge on any atom is -0.365 e. The molecule has 2 heterocycles. The van der Waals surface area contributed by atoms with Gasteiger partial charge in [0, 0.05) is 32.6 Å². The summed E-state index contributed by atoms with van der Waals surface area (Å²) in [6.07, 6.45) is 0.511. The number of piperazine rings is 1. The molecule has 148 valence electrons. The first kappa shape index (κ1) is 20.6. The monoisotopic (exact) mass is 436 g/mol. The van der Waals surface area contributed by atoms with Gasteiger partial charge in [-0.1, -0.05) is 30.7 Å². The third-order valence-corrected chi connectivity index (χ3v) is 5.84. The van der Waals surface area contributed by atoms with Crippen LogP contribution in [0.1, 0.15) is 23.0 Å². The van der Waals surface area contributed by atoms with E-state index < -0.39 is 0 Å². The van der Waals surface area contributed by atoms with Crippen molar-refractivity contribution in [2.45, 2.75) is 13.3 Å². The molecule has 0 saturated carbocycles. The van der Waals surface area contributed by atoms with Gasteiger partial charge in [0.2, 0.25) is 5.91 Å². The summed E-state index contributed by atoms with van der Waals surface area (Å²) in [5.41, 5.74) is 1.54. The van der Waals surface area contributed by atoms with Gasteiger partial charge in [-0.25, -0.2) is 0 Å². The topological polar surface area (TPSA) is 64.7 Å². The van der Waals surface area contributed by atoms with Crippen LogP contribution in [0.2, 0.25) is 5.02 Å². The Morgan fingerprint density at radius 2 is 1.93 bits per heavy atom. The van der Waals surface area contributed by atoms with Gasteiger partial charge in [0.15, 0.2) is 5.11 Å². The summed E-state index contributed by atoms with van der Waals surface area (Å²) < 4.78 is 0.